The van der Waals surface area contributed by atoms with Gasteiger partial charge in [-0.1, -0.05) is 20.8 Å². The van der Waals surface area contributed by atoms with Gasteiger partial charge in [0.1, 0.15) is 5.54 Å². The Kier molecular flexibility index (Phi) is 4.29. The van der Waals surface area contributed by atoms with Gasteiger partial charge in [-0.05, 0) is 19.3 Å². The van der Waals surface area contributed by atoms with Gasteiger partial charge in [0, 0.05) is 5.38 Å². The van der Waals surface area contributed by atoms with Gasteiger partial charge in [0.15, 0.2) is 5.13 Å². The summed E-state index contributed by atoms with van der Waals surface area (Å²) in [6, 6.07) is 0. The molecule has 0 amide bonds. The maximum absolute atomic E-state index is 11.3. The Morgan fingerprint density at radius 3 is 2.50 bits per heavy atom. The van der Waals surface area contributed by atoms with Crippen molar-refractivity contribution >= 4 is 22.4 Å². The fourth-order valence-corrected chi connectivity index (χ4v) is 2.41. The number of carboxylic acid groups (broad SMARTS) is 1. The van der Waals surface area contributed by atoms with Crippen molar-refractivity contribution in [1.29, 1.82) is 0 Å². The SMILES string of the molecule is CCc1csc(NC(CC)(CC)C(=O)O)n1. The van der Waals surface area contributed by atoms with E-state index in [1.165, 1.54) is 11.3 Å². The summed E-state index contributed by atoms with van der Waals surface area (Å²) in [6.45, 7) is 5.78. The number of hydrogen-bond acceptors (Lipinski definition) is 4. The first kappa shape index (κ1) is 13.0. The fraction of sp³-hybridized carbons (Fsp3) is 0.636. The van der Waals surface area contributed by atoms with Crippen molar-refractivity contribution in [2.24, 2.45) is 0 Å². The van der Waals surface area contributed by atoms with Gasteiger partial charge in [-0.3, -0.25) is 0 Å². The molecule has 4 nitrogen and oxygen atoms in total. The van der Waals surface area contributed by atoms with Crippen LogP contribution in [0.2, 0.25) is 0 Å². The van der Waals surface area contributed by atoms with Crippen LogP contribution in [-0.4, -0.2) is 21.6 Å². The second kappa shape index (κ2) is 5.30. The highest BCUT2D eigenvalue weighted by Crippen LogP contribution is 2.25. The molecule has 1 aromatic rings. The van der Waals surface area contributed by atoms with E-state index >= 15 is 0 Å². The lowest BCUT2D eigenvalue weighted by molar-refractivity contribution is -0.142. The van der Waals surface area contributed by atoms with Gasteiger partial charge < -0.3 is 10.4 Å². The van der Waals surface area contributed by atoms with Crippen LogP contribution in [0.25, 0.3) is 0 Å². The van der Waals surface area contributed by atoms with Crippen LogP contribution in [0.3, 0.4) is 0 Å². The summed E-state index contributed by atoms with van der Waals surface area (Å²) >= 11 is 1.46. The molecule has 0 saturated heterocycles. The van der Waals surface area contributed by atoms with Crippen LogP contribution in [-0.2, 0) is 11.2 Å². The molecule has 0 fully saturated rings. The van der Waals surface area contributed by atoms with Crippen molar-refractivity contribution < 1.29 is 9.90 Å². The van der Waals surface area contributed by atoms with E-state index in [-0.39, 0.29) is 0 Å². The molecule has 0 radical (unpaired) electrons. The predicted molar refractivity (Wildman–Crippen MR) is 66.1 cm³/mol. The molecule has 0 saturated carbocycles. The second-order valence-corrected chi connectivity index (χ2v) is 4.58. The Balaban J connectivity index is 2.87. The molecule has 0 unspecified atom stereocenters. The Hall–Kier alpha value is -1.10. The zero-order valence-electron chi connectivity index (χ0n) is 9.91. The first-order chi connectivity index (χ1) is 7.57. The van der Waals surface area contributed by atoms with Gasteiger partial charge in [0.2, 0.25) is 0 Å². The summed E-state index contributed by atoms with van der Waals surface area (Å²) in [7, 11) is 0. The third kappa shape index (κ3) is 2.52. The van der Waals surface area contributed by atoms with Crippen molar-refractivity contribution in [1.82, 2.24) is 4.98 Å². The van der Waals surface area contributed by atoms with E-state index in [1.54, 1.807) is 0 Å². The van der Waals surface area contributed by atoms with E-state index in [0.29, 0.717) is 18.0 Å². The average molecular weight is 242 g/mol. The highest BCUT2D eigenvalue weighted by Gasteiger charge is 2.35. The van der Waals surface area contributed by atoms with Gasteiger partial charge in [-0.15, -0.1) is 11.3 Å². The number of rotatable bonds is 6. The lowest BCUT2D eigenvalue weighted by Gasteiger charge is -2.27. The molecule has 16 heavy (non-hydrogen) atoms. The summed E-state index contributed by atoms with van der Waals surface area (Å²) in [6.07, 6.45) is 1.95. The Morgan fingerprint density at radius 1 is 1.50 bits per heavy atom. The first-order valence-corrected chi connectivity index (χ1v) is 6.42. The summed E-state index contributed by atoms with van der Waals surface area (Å²) in [5, 5.41) is 15.0. The van der Waals surface area contributed by atoms with Crippen LogP contribution in [0, 0.1) is 0 Å². The van der Waals surface area contributed by atoms with Gasteiger partial charge in [-0.25, -0.2) is 9.78 Å². The van der Waals surface area contributed by atoms with Crippen LogP contribution in [0.15, 0.2) is 5.38 Å². The van der Waals surface area contributed by atoms with Crippen LogP contribution >= 0.6 is 11.3 Å². The van der Waals surface area contributed by atoms with Gasteiger partial charge >= 0.3 is 5.97 Å². The third-order valence-electron chi connectivity index (χ3n) is 2.88. The quantitative estimate of drug-likeness (QED) is 0.805. The molecule has 1 aromatic heterocycles. The zero-order chi connectivity index (χ0) is 12.2. The molecular weight excluding hydrogens is 224 g/mol. The van der Waals surface area contributed by atoms with Crippen LogP contribution < -0.4 is 5.32 Å². The number of carbonyl (C=O) groups is 1. The number of nitrogens with one attached hydrogen (secondary N) is 1. The molecule has 0 atom stereocenters. The van der Waals surface area contributed by atoms with E-state index in [2.05, 4.69) is 10.3 Å². The van der Waals surface area contributed by atoms with Crippen LogP contribution in [0.5, 0.6) is 0 Å². The molecule has 0 aliphatic carbocycles. The van der Waals surface area contributed by atoms with Gasteiger partial charge in [0.05, 0.1) is 5.69 Å². The average Bonchev–Trinajstić information content (AvgIpc) is 2.73. The largest absolute Gasteiger partial charge is 0.480 e. The monoisotopic (exact) mass is 242 g/mol. The number of carboxylic acids is 1. The van der Waals surface area contributed by atoms with E-state index in [9.17, 15) is 9.90 Å². The normalized spacial score (nSPS) is 11.4. The first-order valence-electron chi connectivity index (χ1n) is 5.54. The molecule has 0 aliphatic rings. The highest BCUT2D eigenvalue weighted by molar-refractivity contribution is 7.13. The molecule has 1 heterocycles. The molecule has 0 aromatic carbocycles. The van der Waals surface area contributed by atoms with Crippen molar-refractivity contribution in [2.45, 2.75) is 45.6 Å². The minimum absolute atomic E-state index is 0.542. The molecule has 0 aliphatic heterocycles. The van der Waals surface area contributed by atoms with Crippen LogP contribution in [0.4, 0.5) is 5.13 Å². The third-order valence-corrected chi connectivity index (χ3v) is 3.68. The van der Waals surface area contributed by atoms with E-state index in [0.717, 1.165) is 12.1 Å². The minimum Gasteiger partial charge on any atom is -0.480 e. The number of aryl methyl sites for hydroxylation is 1. The lowest BCUT2D eigenvalue weighted by Crippen LogP contribution is -2.45. The fourth-order valence-electron chi connectivity index (χ4n) is 1.51. The molecule has 5 heteroatoms. The highest BCUT2D eigenvalue weighted by atomic mass is 32.1. The summed E-state index contributed by atoms with van der Waals surface area (Å²) in [5.41, 5.74) is 0.113. The molecule has 90 valence electrons. The minimum atomic E-state index is -0.886. The standard InChI is InChI=1S/C11H18N2O2S/c1-4-8-7-16-10(12-8)13-11(5-2,6-3)9(14)15/h7H,4-6H2,1-3H3,(H,12,13)(H,14,15). The van der Waals surface area contributed by atoms with Crippen molar-refractivity contribution in [2.75, 3.05) is 5.32 Å². The Labute approximate surface area is 99.7 Å². The van der Waals surface area contributed by atoms with Crippen molar-refractivity contribution in [3.05, 3.63) is 11.1 Å². The van der Waals surface area contributed by atoms with Crippen molar-refractivity contribution in [3.8, 4) is 0 Å². The number of thiazole rings is 1. The summed E-state index contributed by atoms with van der Waals surface area (Å²) < 4.78 is 0. The van der Waals surface area contributed by atoms with E-state index in [1.807, 2.05) is 26.2 Å². The molecule has 0 bridgehead atoms. The second-order valence-electron chi connectivity index (χ2n) is 3.72. The summed E-state index contributed by atoms with van der Waals surface area (Å²) in [4.78, 5) is 15.6. The zero-order valence-corrected chi connectivity index (χ0v) is 10.7. The van der Waals surface area contributed by atoms with E-state index < -0.39 is 11.5 Å². The number of nitrogens with zero attached hydrogens (tertiary/aromatic N) is 1. The number of anilines is 1. The molecule has 1 rings (SSSR count). The smallest absolute Gasteiger partial charge is 0.329 e. The molecule has 2 N–H and O–H groups in total. The molecule has 0 spiro atoms. The van der Waals surface area contributed by atoms with Gasteiger partial charge in [-0.2, -0.15) is 0 Å². The maximum atomic E-state index is 11.3. The topological polar surface area (TPSA) is 62.2 Å². The van der Waals surface area contributed by atoms with Crippen molar-refractivity contribution in [3.63, 3.8) is 0 Å². The number of aliphatic carboxylic acids is 1. The Morgan fingerprint density at radius 2 is 2.12 bits per heavy atom. The van der Waals surface area contributed by atoms with Gasteiger partial charge in [0.25, 0.3) is 0 Å². The maximum Gasteiger partial charge on any atom is 0.329 e. The number of hydrogen-bond donors (Lipinski definition) is 2. The molecular formula is C11H18N2O2S. The predicted octanol–water partition coefficient (Wildman–Crippen LogP) is 2.76. The Bertz CT molecular complexity index is 359. The summed E-state index contributed by atoms with van der Waals surface area (Å²) in [5.74, 6) is -0.814. The van der Waals surface area contributed by atoms with Crippen LogP contribution in [0.1, 0.15) is 39.3 Å². The number of aromatic nitrogens is 1. The van der Waals surface area contributed by atoms with E-state index in [4.69, 9.17) is 0 Å². The lowest BCUT2D eigenvalue weighted by atomic mass is 9.93.